The highest BCUT2D eigenvalue weighted by Gasteiger charge is 2.64. The maximum absolute atomic E-state index is 12.9. The van der Waals surface area contributed by atoms with Gasteiger partial charge in [0.2, 0.25) is 0 Å². The van der Waals surface area contributed by atoms with Crippen LogP contribution in [0.3, 0.4) is 0 Å². The van der Waals surface area contributed by atoms with Crippen molar-refractivity contribution in [3.63, 3.8) is 0 Å². The molecule has 0 amide bonds. The molecule has 2 bridgehead atoms. The molecule has 3 atom stereocenters. The molecule has 3 unspecified atom stereocenters. The maximum Gasteiger partial charge on any atom is 0.278 e. The lowest BCUT2D eigenvalue weighted by Gasteiger charge is -2.31. The molecule has 3 aliphatic rings. The minimum absolute atomic E-state index is 0.0414. The van der Waals surface area contributed by atoms with E-state index >= 15 is 0 Å². The normalized spacial score (nSPS) is 41.5. The third-order valence-electron chi connectivity index (χ3n) is 6.31. The highest BCUT2D eigenvalue weighted by Crippen LogP contribution is 2.65. The molecule has 0 radical (unpaired) electrons. The molecule has 1 N–H and O–H groups in total. The van der Waals surface area contributed by atoms with E-state index in [0.29, 0.717) is 5.57 Å². The van der Waals surface area contributed by atoms with Gasteiger partial charge in [0.25, 0.3) is 10.1 Å². The monoisotopic (exact) mass is 322 g/mol. The van der Waals surface area contributed by atoms with E-state index in [1.54, 1.807) is 18.2 Å². The van der Waals surface area contributed by atoms with Gasteiger partial charge >= 0.3 is 0 Å². The van der Waals surface area contributed by atoms with Gasteiger partial charge in [0.1, 0.15) is 4.75 Å². The molecular weight excluding hydrogens is 300 g/mol. The summed E-state index contributed by atoms with van der Waals surface area (Å²) in [4.78, 5) is 12.9. The summed E-state index contributed by atoms with van der Waals surface area (Å²) in [6, 6.07) is 0. The zero-order valence-corrected chi connectivity index (χ0v) is 14.0. The quantitative estimate of drug-likeness (QED) is 0.626. The molecule has 2 saturated carbocycles. The van der Waals surface area contributed by atoms with Crippen LogP contribution in [-0.2, 0) is 14.9 Å². The largest absolute Gasteiger partial charge is 0.294 e. The molecule has 3 rings (SSSR count). The molecular formula is C17H22O4S. The number of rotatable bonds is 2. The first kappa shape index (κ1) is 15.7. The van der Waals surface area contributed by atoms with Crippen molar-refractivity contribution in [3.8, 4) is 0 Å². The van der Waals surface area contributed by atoms with Gasteiger partial charge in [-0.15, -0.1) is 0 Å². The van der Waals surface area contributed by atoms with Gasteiger partial charge in [-0.25, -0.2) is 0 Å². The van der Waals surface area contributed by atoms with Crippen molar-refractivity contribution in [2.45, 2.75) is 44.8 Å². The summed E-state index contributed by atoms with van der Waals surface area (Å²) in [6.45, 7) is 6.15. The van der Waals surface area contributed by atoms with Crippen LogP contribution in [0.5, 0.6) is 0 Å². The predicted molar refractivity (Wildman–Crippen MR) is 84.9 cm³/mol. The lowest BCUT2D eigenvalue weighted by molar-refractivity contribution is -0.125. The molecule has 2 fully saturated rings. The molecule has 120 valence electrons. The average molecular weight is 322 g/mol. The van der Waals surface area contributed by atoms with Crippen molar-refractivity contribution >= 4 is 15.9 Å². The fourth-order valence-electron chi connectivity index (χ4n) is 4.35. The number of Topliss-reactive ketones (excluding diaryl/α,β-unsaturated/α-hetero) is 1. The Hall–Kier alpha value is -1.20. The summed E-state index contributed by atoms with van der Waals surface area (Å²) in [6.07, 6.45) is 9.94. The van der Waals surface area contributed by atoms with Crippen molar-refractivity contribution < 1.29 is 17.8 Å². The Morgan fingerprint density at radius 2 is 1.95 bits per heavy atom. The molecule has 0 aliphatic heterocycles. The summed E-state index contributed by atoms with van der Waals surface area (Å²) in [7, 11) is -4.34. The third-order valence-corrected chi connectivity index (χ3v) is 7.69. The Bertz CT molecular complexity index is 726. The molecule has 0 aromatic rings. The third kappa shape index (κ3) is 1.78. The van der Waals surface area contributed by atoms with E-state index in [0.717, 1.165) is 12.8 Å². The van der Waals surface area contributed by atoms with Gasteiger partial charge in [-0.05, 0) is 42.2 Å². The number of allylic oxidation sites excluding steroid dienone is 4. The lowest BCUT2D eigenvalue weighted by Crippen LogP contribution is -2.36. The van der Waals surface area contributed by atoms with E-state index in [4.69, 9.17) is 0 Å². The standard InChI is InChI=1S/C17H22O4S/c1-15(2)13-7-10-16(15,3)14(18)12(13)11-17(22(19,20)21)8-5-4-6-9-17/h4-6,8,11,13H,7,9-10H2,1-3H3,(H,19,20,21)/b12-11+. The minimum atomic E-state index is -4.34. The Balaban J connectivity index is 2.15. The molecule has 0 aromatic carbocycles. The fourth-order valence-corrected chi connectivity index (χ4v) is 5.18. The molecule has 0 aromatic heterocycles. The zero-order valence-electron chi connectivity index (χ0n) is 13.2. The summed E-state index contributed by atoms with van der Waals surface area (Å²) < 4.78 is 32.2. The highest BCUT2D eigenvalue weighted by molar-refractivity contribution is 7.87. The molecule has 3 aliphatic carbocycles. The molecule has 0 saturated heterocycles. The number of hydrogen-bond donors (Lipinski definition) is 1. The summed E-state index contributed by atoms with van der Waals surface area (Å²) in [5.41, 5.74) is -0.0285. The topological polar surface area (TPSA) is 71.4 Å². The van der Waals surface area contributed by atoms with Crippen molar-refractivity contribution in [1.29, 1.82) is 0 Å². The lowest BCUT2D eigenvalue weighted by atomic mass is 9.70. The van der Waals surface area contributed by atoms with E-state index in [2.05, 4.69) is 13.8 Å². The minimum Gasteiger partial charge on any atom is -0.294 e. The van der Waals surface area contributed by atoms with Crippen molar-refractivity contribution in [2.75, 3.05) is 0 Å². The van der Waals surface area contributed by atoms with Crippen LogP contribution >= 0.6 is 0 Å². The highest BCUT2D eigenvalue weighted by atomic mass is 32.2. The van der Waals surface area contributed by atoms with E-state index in [1.165, 1.54) is 12.2 Å². The number of hydrogen-bond acceptors (Lipinski definition) is 3. The molecule has 0 spiro atoms. The first-order valence-electron chi connectivity index (χ1n) is 7.64. The number of carbonyl (C=O) groups excluding carboxylic acids is 1. The maximum atomic E-state index is 12.9. The average Bonchev–Trinajstić information content (AvgIpc) is 2.73. The summed E-state index contributed by atoms with van der Waals surface area (Å²) in [5.74, 6) is 0.0997. The Morgan fingerprint density at radius 3 is 2.41 bits per heavy atom. The zero-order chi connectivity index (χ0) is 16.4. The van der Waals surface area contributed by atoms with E-state index < -0.39 is 20.3 Å². The fraction of sp³-hybridized carbons (Fsp3) is 0.588. The number of carbonyl (C=O) groups is 1. The SMILES string of the molecule is CC12CCC(/C(=C\C3(S(=O)(=O)O)C=CC=CC3)C1=O)C2(C)C. The van der Waals surface area contributed by atoms with Gasteiger partial charge in [0.15, 0.2) is 5.78 Å². The van der Waals surface area contributed by atoms with Gasteiger partial charge in [0, 0.05) is 5.41 Å². The first-order valence-corrected chi connectivity index (χ1v) is 9.08. The Kier molecular flexibility index (Phi) is 3.15. The van der Waals surface area contributed by atoms with Crippen LogP contribution in [0.4, 0.5) is 0 Å². The van der Waals surface area contributed by atoms with Gasteiger partial charge in [-0.2, -0.15) is 8.42 Å². The Labute approximate surface area is 131 Å². The van der Waals surface area contributed by atoms with Crippen LogP contribution in [0.1, 0.15) is 40.0 Å². The number of fused-ring (bicyclic) bond motifs is 2. The molecule has 22 heavy (non-hydrogen) atoms. The van der Waals surface area contributed by atoms with Crippen LogP contribution in [0.25, 0.3) is 0 Å². The van der Waals surface area contributed by atoms with E-state index in [1.807, 2.05) is 6.92 Å². The van der Waals surface area contributed by atoms with Gasteiger partial charge in [-0.3, -0.25) is 9.35 Å². The van der Waals surface area contributed by atoms with Crippen molar-refractivity contribution in [3.05, 3.63) is 36.0 Å². The first-order chi connectivity index (χ1) is 10.1. The smallest absolute Gasteiger partial charge is 0.278 e. The van der Waals surface area contributed by atoms with Crippen LogP contribution in [0, 0.1) is 16.7 Å². The molecule has 0 heterocycles. The Morgan fingerprint density at radius 1 is 1.27 bits per heavy atom. The van der Waals surface area contributed by atoms with Crippen LogP contribution in [-0.4, -0.2) is 23.5 Å². The van der Waals surface area contributed by atoms with Gasteiger partial charge in [0.05, 0.1) is 0 Å². The van der Waals surface area contributed by atoms with E-state index in [9.17, 15) is 17.8 Å². The van der Waals surface area contributed by atoms with Crippen LogP contribution < -0.4 is 0 Å². The van der Waals surface area contributed by atoms with Gasteiger partial charge in [-0.1, -0.05) is 45.1 Å². The van der Waals surface area contributed by atoms with Gasteiger partial charge < -0.3 is 0 Å². The predicted octanol–water partition coefficient (Wildman–Crippen LogP) is 3.08. The molecule has 5 heteroatoms. The van der Waals surface area contributed by atoms with Crippen LogP contribution in [0.2, 0.25) is 0 Å². The number of ketones is 1. The second-order valence-corrected chi connectivity index (χ2v) is 9.21. The second-order valence-electron chi connectivity index (χ2n) is 7.50. The van der Waals surface area contributed by atoms with Crippen molar-refractivity contribution in [1.82, 2.24) is 0 Å². The molecule has 4 nitrogen and oxygen atoms in total. The van der Waals surface area contributed by atoms with Crippen LogP contribution in [0.15, 0.2) is 36.0 Å². The second kappa shape index (κ2) is 4.42. The van der Waals surface area contributed by atoms with E-state index in [-0.39, 0.29) is 23.5 Å². The summed E-state index contributed by atoms with van der Waals surface area (Å²) >= 11 is 0. The van der Waals surface area contributed by atoms with Crippen molar-refractivity contribution in [2.24, 2.45) is 16.7 Å². The summed E-state index contributed by atoms with van der Waals surface area (Å²) in [5, 5.41) is 0.